The van der Waals surface area contributed by atoms with Crippen molar-refractivity contribution in [1.29, 1.82) is 0 Å². The molecule has 0 spiro atoms. The summed E-state index contributed by atoms with van der Waals surface area (Å²) in [7, 11) is 0. The number of nitrogens with two attached hydrogens (primary N) is 1. The Kier molecular flexibility index (Phi) is 2.22. The number of ketones is 2. The highest BCUT2D eigenvalue weighted by Crippen LogP contribution is 2.30. The Hall–Kier alpha value is -2.50. The van der Waals surface area contributed by atoms with Gasteiger partial charge in [-0.25, -0.2) is 4.98 Å². The number of Topliss-reactive ketones (excluding diaryl/α,β-unsaturated/α-hetero) is 2. The molecule has 2 aromatic rings. The predicted molar refractivity (Wildman–Crippen MR) is 82.7 cm³/mol. The van der Waals surface area contributed by atoms with Crippen LogP contribution in [0.2, 0.25) is 0 Å². The molecule has 0 aliphatic heterocycles. The van der Waals surface area contributed by atoms with Crippen molar-refractivity contribution in [2.24, 2.45) is 0 Å². The largest absolute Gasteiger partial charge is 0.398 e. The second-order valence-electron chi connectivity index (χ2n) is 5.39. The normalized spacial score (nSPS) is 29.5. The van der Waals surface area contributed by atoms with E-state index in [1.54, 1.807) is 12.1 Å². The Bertz CT molecular complexity index is 1030. The van der Waals surface area contributed by atoms with E-state index in [0.29, 0.717) is 0 Å². The fourth-order valence-electron chi connectivity index (χ4n) is 2.70. The maximum absolute atomic E-state index is 13.1. The van der Waals surface area contributed by atoms with Crippen LogP contribution < -0.4 is 11.3 Å². The number of rotatable bonds is 1. The molecule has 2 N–H and O–H groups in total. The zero-order valence-corrected chi connectivity index (χ0v) is 12.1. The summed E-state index contributed by atoms with van der Waals surface area (Å²) in [5.74, 6) is -2.01. The highest BCUT2D eigenvalue weighted by Gasteiger charge is 2.41. The number of benzene rings is 1. The van der Waals surface area contributed by atoms with Crippen LogP contribution in [0.1, 0.15) is 37.4 Å². The summed E-state index contributed by atoms with van der Waals surface area (Å²) in [4.78, 5) is 42.0. The van der Waals surface area contributed by atoms with Crippen molar-refractivity contribution in [3.05, 3.63) is 34.4 Å². The molecule has 6 nitrogen and oxygen atoms in total. The van der Waals surface area contributed by atoms with Gasteiger partial charge >= 0.3 is 0 Å². The quantitative estimate of drug-likeness (QED) is 0.633. The third kappa shape index (κ3) is 1.94. The lowest BCUT2D eigenvalue weighted by atomic mass is 9.81. The van der Waals surface area contributed by atoms with E-state index in [-0.39, 0.29) is 22.4 Å². The number of anilines is 1. The summed E-state index contributed by atoms with van der Waals surface area (Å²) in [6.45, 7) is 2.55. The molecule has 114 valence electrons. The van der Waals surface area contributed by atoms with Gasteiger partial charge in [-0.1, -0.05) is 6.07 Å². The summed E-state index contributed by atoms with van der Waals surface area (Å²) in [6, 6.07) is 4.65. The summed E-state index contributed by atoms with van der Waals surface area (Å²) < 4.78 is 33.2. The van der Waals surface area contributed by atoms with Gasteiger partial charge in [0.05, 0.1) is 17.3 Å². The first-order chi connectivity index (χ1) is 11.9. The van der Waals surface area contributed by atoms with Gasteiger partial charge in [-0.3, -0.25) is 19.0 Å². The van der Waals surface area contributed by atoms with E-state index in [1.807, 2.05) is 0 Å². The molecule has 1 aromatic heterocycles. The van der Waals surface area contributed by atoms with Gasteiger partial charge in [-0.15, -0.1) is 0 Å². The van der Waals surface area contributed by atoms with Gasteiger partial charge < -0.3 is 5.73 Å². The van der Waals surface area contributed by atoms with Crippen LogP contribution in [0.25, 0.3) is 10.9 Å². The molecule has 1 atom stereocenters. The van der Waals surface area contributed by atoms with Gasteiger partial charge in [0, 0.05) is 17.5 Å². The smallest absolute Gasteiger partial charge is 0.264 e. The van der Waals surface area contributed by atoms with Gasteiger partial charge in [-0.2, -0.15) is 0 Å². The molecule has 1 aromatic carbocycles. The van der Waals surface area contributed by atoms with E-state index in [9.17, 15) is 14.4 Å². The fourth-order valence-corrected chi connectivity index (χ4v) is 2.70. The van der Waals surface area contributed by atoms with E-state index in [4.69, 9.17) is 11.2 Å². The first kappa shape index (κ1) is 10.3. The number of nitrogens with zero attached hydrogens (tertiary/aromatic N) is 2. The number of aryl methyl sites for hydroxylation is 1. The SMILES string of the molecule is [2H]C1([2H])C(=O)CC(=O)C(C)(n2c(C)nc3cccc(N)c3c2=O)C1([2H])[2H]. The lowest BCUT2D eigenvalue weighted by Crippen LogP contribution is -2.49. The van der Waals surface area contributed by atoms with Crippen molar-refractivity contribution >= 4 is 28.2 Å². The fraction of sp³-hybridized carbons (Fsp3) is 0.375. The molecule has 0 saturated heterocycles. The Morgan fingerprint density at radius 2 is 2.09 bits per heavy atom. The number of aromatic nitrogens is 2. The minimum absolute atomic E-state index is 0.0142. The summed E-state index contributed by atoms with van der Waals surface area (Å²) in [5, 5.41) is 0.0142. The molecule has 6 heteroatoms. The molecule has 22 heavy (non-hydrogen) atoms. The molecule has 1 unspecified atom stereocenters. The topological polar surface area (TPSA) is 95.1 Å². The Balaban J connectivity index is 2.45. The predicted octanol–water partition coefficient (Wildman–Crippen LogP) is 1.32. The molecule has 1 fully saturated rings. The Morgan fingerprint density at radius 1 is 1.36 bits per heavy atom. The number of carbonyl (C=O) groups excluding carboxylic acids is 2. The number of hydrogen-bond acceptors (Lipinski definition) is 5. The molecule has 3 rings (SSSR count). The standard InChI is InChI=1S/C16H17N3O3/c1-9-18-12-5-3-4-11(17)14(12)15(22)19(9)16(2)7-6-10(20)8-13(16)21/h3-5H,6-8,17H2,1-2H3/i6D2,7D2. The van der Waals surface area contributed by atoms with Crippen LogP contribution >= 0.6 is 0 Å². The van der Waals surface area contributed by atoms with Gasteiger partial charge in [0.2, 0.25) is 0 Å². The molecule has 1 aliphatic rings. The number of hydrogen-bond donors (Lipinski definition) is 1. The molecule has 1 heterocycles. The molecular formula is C16H17N3O3. The summed E-state index contributed by atoms with van der Waals surface area (Å²) in [6.07, 6.45) is -6.73. The molecule has 0 amide bonds. The van der Waals surface area contributed by atoms with Gasteiger partial charge in [-0.05, 0) is 32.4 Å². The van der Waals surface area contributed by atoms with Crippen molar-refractivity contribution in [1.82, 2.24) is 9.55 Å². The second kappa shape index (κ2) is 4.76. The average molecular weight is 303 g/mol. The lowest BCUT2D eigenvalue weighted by molar-refractivity contribution is -0.136. The molecule has 0 radical (unpaired) electrons. The number of fused-ring (bicyclic) bond motifs is 1. The van der Waals surface area contributed by atoms with Crippen LogP contribution in [0, 0.1) is 6.92 Å². The van der Waals surface area contributed by atoms with E-state index >= 15 is 0 Å². The minimum Gasteiger partial charge on any atom is -0.398 e. The third-order valence-corrected chi connectivity index (χ3v) is 3.85. The third-order valence-electron chi connectivity index (χ3n) is 3.85. The molecule has 0 bridgehead atoms. The van der Waals surface area contributed by atoms with E-state index in [0.717, 1.165) is 11.5 Å². The van der Waals surface area contributed by atoms with Crippen LogP contribution in [-0.2, 0) is 15.1 Å². The molecular weight excluding hydrogens is 282 g/mol. The average Bonchev–Trinajstić information content (AvgIpc) is 2.52. The summed E-state index contributed by atoms with van der Waals surface area (Å²) >= 11 is 0. The van der Waals surface area contributed by atoms with E-state index in [1.165, 1.54) is 13.0 Å². The van der Waals surface area contributed by atoms with Gasteiger partial charge in [0.1, 0.15) is 17.1 Å². The van der Waals surface area contributed by atoms with Crippen LogP contribution in [0.5, 0.6) is 0 Å². The van der Waals surface area contributed by atoms with Crippen molar-refractivity contribution in [3.63, 3.8) is 0 Å². The van der Waals surface area contributed by atoms with Gasteiger partial charge in [0.15, 0.2) is 5.78 Å². The van der Waals surface area contributed by atoms with Crippen LogP contribution in [0.15, 0.2) is 23.0 Å². The van der Waals surface area contributed by atoms with Crippen LogP contribution in [0.3, 0.4) is 0 Å². The molecule has 1 aliphatic carbocycles. The van der Waals surface area contributed by atoms with Gasteiger partial charge in [0.25, 0.3) is 5.56 Å². The Labute approximate surface area is 132 Å². The minimum atomic E-state index is -2.97. The monoisotopic (exact) mass is 303 g/mol. The summed E-state index contributed by atoms with van der Waals surface area (Å²) in [5.41, 5.74) is 3.26. The van der Waals surface area contributed by atoms with E-state index in [2.05, 4.69) is 4.98 Å². The lowest BCUT2D eigenvalue weighted by Gasteiger charge is -2.34. The highest BCUT2D eigenvalue weighted by molar-refractivity contribution is 6.05. The van der Waals surface area contributed by atoms with Crippen LogP contribution in [-0.4, -0.2) is 21.1 Å². The first-order valence-electron chi connectivity index (χ1n) is 8.72. The first-order valence-corrected chi connectivity index (χ1v) is 6.72. The zero-order valence-electron chi connectivity index (χ0n) is 16.1. The molecule has 1 saturated carbocycles. The number of carbonyl (C=O) groups is 2. The van der Waals surface area contributed by atoms with Crippen LogP contribution in [0.4, 0.5) is 5.69 Å². The zero-order chi connectivity index (χ0) is 19.7. The maximum atomic E-state index is 13.1. The Morgan fingerprint density at radius 3 is 2.82 bits per heavy atom. The van der Waals surface area contributed by atoms with Crippen molar-refractivity contribution in [2.75, 3.05) is 5.73 Å². The van der Waals surface area contributed by atoms with E-state index < -0.39 is 41.8 Å². The van der Waals surface area contributed by atoms with Crippen molar-refractivity contribution < 1.29 is 15.1 Å². The number of nitrogen functional groups attached to an aromatic ring is 1. The van der Waals surface area contributed by atoms with Crippen molar-refractivity contribution in [2.45, 2.75) is 38.6 Å². The maximum Gasteiger partial charge on any atom is 0.264 e. The second-order valence-corrected chi connectivity index (χ2v) is 5.39. The van der Waals surface area contributed by atoms with Crippen molar-refractivity contribution in [3.8, 4) is 0 Å². The highest BCUT2D eigenvalue weighted by atomic mass is 16.2.